The topological polar surface area (TPSA) is 31.2 Å². The Hall–Kier alpha value is -1.83. The zero-order valence-corrected chi connectivity index (χ0v) is 7.53. The molecule has 0 saturated heterocycles. The first-order valence-corrected chi connectivity index (χ1v) is 4.58. The van der Waals surface area contributed by atoms with Crippen LogP contribution in [0.3, 0.4) is 0 Å². The minimum Gasteiger partial charge on any atom is -0.267 e. The van der Waals surface area contributed by atoms with Crippen LogP contribution in [0.4, 0.5) is 0 Å². The lowest BCUT2D eigenvalue weighted by molar-refractivity contribution is 0.0961. The molecule has 1 amide bonds. The van der Waals surface area contributed by atoms with E-state index in [2.05, 4.69) is 17.4 Å². The maximum absolute atomic E-state index is 11.3. The van der Waals surface area contributed by atoms with Gasteiger partial charge in [-0.1, -0.05) is 24.3 Å². The van der Waals surface area contributed by atoms with Gasteiger partial charge in [0.2, 0.25) is 0 Å². The van der Waals surface area contributed by atoms with Crippen molar-refractivity contribution >= 4 is 16.7 Å². The predicted molar refractivity (Wildman–Crippen MR) is 54.1 cm³/mol. The standard InChI is InChI=1S/C12H8NO/c14-12-11-6-9-4-2-1-3-8(9)5-10(11)7-13-12/h1-6H,7H2. The number of fused-ring (bicyclic) bond motifs is 2. The Morgan fingerprint density at radius 3 is 2.57 bits per heavy atom. The predicted octanol–water partition coefficient (Wildman–Crippen LogP) is 2.10. The Morgan fingerprint density at radius 1 is 1.07 bits per heavy atom. The molecule has 1 aliphatic heterocycles. The average molecular weight is 182 g/mol. The van der Waals surface area contributed by atoms with Gasteiger partial charge in [-0.15, -0.1) is 0 Å². The Labute approximate surface area is 81.5 Å². The van der Waals surface area contributed by atoms with E-state index in [-0.39, 0.29) is 5.91 Å². The molecule has 1 aliphatic rings. The minimum absolute atomic E-state index is 0.0780. The van der Waals surface area contributed by atoms with Crippen molar-refractivity contribution in [2.75, 3.05) is 0 Å². The van der Waals surface area contributed by atoms with Crippen molar-refractivity contribution in [3.8, 4) is 0 Å². The molecule has 2 aromatic carbocycles. The highest BCUT2D eigenvalue weighted by Crippen LogP contribution is 2.23. The molecule has 0 atom stereocenters. The molecule has 2 aromatic rings. The molecule has 0 fully saturated rings. The molecule has 0 aromatic heterocycles. The van der Waals surface area contributed by atoms with Crippen molar-refractivity contribution in [2.24, 2.45) is 0 Å². The normalized spacial score (nSPS) is 14.1. The first-order valence-electron chi connectivity index (χ1n) is 4.58. The molecule has 0 bridgehead atoms. The Morgan fingerprint density at radius 2 is 1.79 bits per heavy atom. The number of carbonyl (C=O) groups is 1. The van der Waals surface area contributed by atoms with Crippen LogP contribution in [0.25, 0.3) is 10.8 Å². The van der Waals surface area contributed by atoms with Gasteiger partial charge in [0.25, 0.3) is 5.91 Å². The summed E-state index contributed by atoms with van der Waals surface area (Å²) in [5, 5.41) is 6.17. The molecule has 0 unspecified atom stereocenters. The summed E-state index contributed by atoms with van der Waals surface area (Å²) in [5.41, 5.74) is 1.82. The summed E-state index contributed by atoms with van der Waals surface area (Å²) >= 11 is 0. The van der Waals surface area contributed by atoms with Crippen LogP contribution in [-0.2, 0) is 6.54 Å². The van der Waals surface area contributed by atoms with Crippen molar-refractivity contribution in [2.45, 2.75) is 6.54 Å². The van der Waals surface area contributed by atoms with Crippen LogP contribution in [0.2, 0.25) is 0 Å². The SMILES string of the molecule is O=C1[N]Cc2cc3ccccc3cc21. The lowest BCUT2D eigenvalue weighted by atomic mass is 10.0. The fourth-order valence-electron chi connectivity index (χ4n) is 1.86. The van der Waals surface area contributed by atoms with Gasteiger partial charge < -0.3 is 0 Å². The number of carbonyl (C=O) groups excluding carboxylic acids is 1. The van der Waals surface area contributed by atoms with Gasteiger partial charge in [-0.2, -0.15) is 0 Å². The number of rotatable bonds is 0. The number of hydrogen-bond acceptors (Lipinski definition) is 1. The summed E-state index contributed by atoms with van der Waals surface area (Å²) in [5.74, 6) is -0.0780. The van der Waals surface area contributed by atoms with Crippen molar-refractivity contribution in [1.29, 1.82) is 0 Å². The molecule has 2 nitrogen and oxygen atoms in total. The number of nitrogens with zero attached hydrogens (tertiary/aromatic N) is 1. The molecule has 1 heterocycles. The quantitative estimate of drug-likeness (QED) is 0.613. The lowest BCUT2D eigenvalue weighted by Crippen LogP contribution is -2.03. The second-order valence-electron chi connectivity index (χ2n) is 3.48. The fourth-order valence-corrected chi connectivity index (χ4v) is 1.86. The van der Waals surface area contributed by atoms with Crippen LogP contribution in [0, 0.1) is 0 Å². The second kappa shape index (κ2) is 2.58. The minimum atomic E-state index is -0.0780. The van der Waals surface area contributed by atoms with Crippen LogP contribution >= 0.6 is 0 Å². The smallest absolute Gasteiger partial charge is 0.267 e. The highest BCUT2D eigenvalue weighted by atomic mass is 16.1. The van der Waals surface area contributed by atoms with Gasteiger partial charge >= 0.3 is 0 Å². The number of amides is 1. The van der Waals surface area contributed by atoms with Gasteiger partial charge in [0.1, 0.15) is 0 Å². The van der Waals surface area contributed by atoms with E-state index >= 15 is 0 Å². The summed E-state index contributed by atoms with van der Waals surface area (Å²) in [6.45, 7) is 0.541. The Bertz CT molecular complexity index is 531. The highest BCUT2D eigenvalue weighted by Gasteiger charge is 2.20. The van der Waals surface area contributed by atoms with Gasteiger partial charge in [0.15, 0.2) is 0 Å². The van der Waals surface area contributed by atoms with Gasteiger partial charge in [0.05, 0.1) is 6.54 Å². The molecule has 1 radical (unpaired) electrons. The maximum Gasteiger partial charge on any atom is 0.273 e. The molecular formula is C12H8NO. The van der Waals surface area contributed by atoms with E-state index in [4.69, 9.17) is 0 Å². The van der Waals surface area contributed by atoms with Crippen LogP contribution in [0.5, 0.6) is 0 Å². The zero-order chi connectivity index (χ0) is 9.54. The molecule has 0 saturated carbocycles. The third-order valence-electron chi connectivity index (χ3n) is 2.59. The van der Waals surface area contributed by atoms with E-state index in [1.165, 1.54) is 5.39 Å². The van der Waals surface area contributed by atoms with Gasteiger partial charge in [-0.25, -0.2) is 5.32 Å². The molecule has 2 heteroatoms. The van der Waals surface area contributed by atoms with Gasteiger partial charge in [-0.05, 0) is 28.5 Å². The molecule has 0 N–H and O–H groups in total. The van der Waals surface area contributed by atoms with Crippen molar-refractivity contribution in [1.82, 2.24) is 5.32 Å². The Balaban J connectivity index is 2.38. The first-order chi connectivity index (χ1) is 6.84. The lowest BCUT2D eigenvalue weighted by Gasteiger charge is -1.99. The Kier molecular flexibility index (Phi) is 1.39. The van der Waals surface area contributed by atoms with Crippen molar-refractivity contribution in [3.05, 3.63) is 47.5 Å². The summed E-state index contributed by atoms with van der Waals surface area (Å²) < 4.78 is 0. The van der Waals surface area contributed by atoms with Gasteiger partial charge in [-0.3, -0.25) is 4.79 Å². The van der Waals surface area contributed by atoms with Crippen molar-refractivity contribution < 1.29 is 4.79 Å². The fraction of sp³-hybridized carbons (Fsp3) is 0.0833. The summed E-state index contributed by atoms with van der Waals surface area (Å²) in [6.07, 6.45) is 0. The number of benzene rings is 2. The molecule has 0 aliphatic carbocycles. The van der Waals surface area contributed by atoms with E-state index in [9.17, 15) is 4.79 Å². The third-order valence-corrected chi connectivity index (χ3v) is 2.59. The van der Waals surface area contributed by atoms with E-state index in [0.29, 0.717) is 6.54 Å². The second-order valence-corrected chi connectivity index (χ2v) is 3.48. The molecule has 14 heavy (non-hydrogen) atoms. The third kappa shape index (κ3) is 0.940. The molecular weight excluding hydrogens is 174 g/mol. The molecule has 0 spiro atoms. The zero-order valence-electron chi connectivity index (χ0n) is 7.53. The molecule has 3 rings (SSSR count). The van der Waals surface area contributed by atoms with E-state index in [1.54, 1.807) is 0 Å². The van der Waals surface area contributed by atoms with E-state index in [1.807, 2.05) is 24.3 Å². The highest BCUT2D eigenvalue weighted by molar-refractivity contribution is 6.02. The summed E-state index contributed by atoms with van der Waals surface area (Å²) in [6, 6.07) is 12.0. The maximum atomic E-state index is 11.3. The monoisotopic (exact) mass is 182 g/mol. The first kappa shape index (κ1) is 7.56. The largest absolute Gasteiger partial charge is 0.273 e. The molecule has 67 valence electrons. The van der Waals surface area contributed by atoms with Crippen LogP contribution in [-0.4, -0.2) is 5.91 Å². The van der Waals surface area contributed by atoms with Crippen LogP contribution in [0.1, 0.15) is 15.9 Å². The number of hydrogen-bond donors (Lipinski definition) is 0. The summed E-state index contributed by atoms with van der Waals surface area (Å²) in [4.78, 5) is 11.3. The van der Waals surface area contributed by atoms with Crippen molar-refractivity contribution in [3.63, 3.8) is 0 Å². The van der Waals surface area contributed by atoms with E-state index in [0.717, 1.165) is 16.5 Å². The van der Waals surface area contributed by atoms with E-state index < -0.39 is 0 Å². The van der Waals surface area contributed by atoms with Gasteiger partial charge in [0, 0.05) is 5.56 Å². The van der Waals surface area contributed by atoms with Crippen LogP contribution in [0.15, 0.2) is 36.4 Å². The summed E-state index contributed by atoms with van der Waals surface area (Å²) in [7, 11) is 0. The van der Waals surface area contributed by atoms with Crippen LogP contribution < -0.4 is 5.32 Å². The average Bonchev–Trinajstić information content (AvgIpc) is 2.57.